The number of hydrogen-bond donors (Lipinski definition) is 1. The Hall–Kier alpha value is -1.04. The number of ether oxygens (including phenoxy) is 1. The predicted molar refractivity (Wildman–Crippen MR) is 63.3 cm³/mol. The summed E-state index contributed by atoms with van der Waals surface area (Å²) in [6, 6.07) is 1.81. The Labute approximate surface area is 101 Å². The van der Waals surface area contributed by atoms with Crippen LogP contribution in [0.15, 0.2) is 18.5 Å². The van der Waals surface area contributed by atoms with Gasteiger partial charge in [-0.05, 0) is 19.9 Å². The molecule has 0 amide bonds. The molecule has 0 aliphatic carbocycles. The van der Waals surface area contributed by atoms with Gasteiger partial charge in [-0.2, -0.15) is 0 Å². The number of nitrogens with zero attached hydrogens (tertiary/aromatic N) is 3. The zero-order chi connectivity index (χ0) is 12.3. The Morgan fingerprint density at radius 2 is 2.18 bits per heavy atom. The molecule has 1 aliphatic rings. The Kier molecular flexibility index (Phi) is 3.71. The lowest BCUT2D eigenvalue weighted by molar-refractivity contribution is -0.151. The van der Waals surface area contributed by atoms with E-state index in [-0.39, 0.29) is 18.3 Å². The molecular weight excluding hydrogens is 218 g/mol. The summed E-state index contributed by atoms with van der Waals surface area (Å²) in [6.07, 6.45) is 3.37. The van der Waals surface area contributed by atoms with Crippen LogP contribution in [0.4, 0.5) is 0 Å². The second-order valence-corrected chi connectivity index (χ2v) is 5.02. The van der Waals surface area contributed by atoms with E-state index in [4.69, 9.17) is 4.74 Å². The highest BCUT2D eigenvalue weighted by molar-refractivity contribution is 4.91. The summed E-state index contributed by atoms with van der Waals surface area (Å²) in [6.45, 7) is 6.36. The zero-order valence-electron chi connectivity index (χ0n) is 10.3. The van der Waals surface area contributed by atoms with Crippen molar-refractivity contribution in [2.75, 3.05) is 19.7 Å². The van der Waals surface area contributed by atoms with Gasteiger partial charge in [0.15, 0.2) is 0 Å². The molecule has 1 saturated heterocycles. The SMILES string of the molecule is CC1(C)CN(Cc2ncccn2)CC(CO)O1. The second kappa shape index (κ2) is 5.08. The van der Waals surface area contributed by atoms with Crippen LogP contribution in [-0.4, -0.2) is 51.4 Å². The van der Waals surface area contributed by atoms with E-state index in [1.165, 1.54) is 0 Å². The van der Waals surface area contributed by atoms with Gasteiger partial charge in [-0.25, -0.2) is 9.97 Å². The van der Waals surface area contributed by atoms with Gasteiger partial charge < -0.3 is 9.84 Å². The number of aromatic nitrogens is 2. The lowest BCUT2D eigenvalue weighted by Gasteiger charge is -2.42. The fourth-order valence-corrected chi connectivity index (χ4v) is 2.24. The van der Waals surface area contributed by atoms with E-state index < -0.39 is 0 Å². The summed E-state index contributed by atoms with van der Waals surface area (Å²) < 4.78 is 5.76. The first kappa shape index (κ1) is 12.4. The summed E-state index contributed by atoms with van der Waals surface area (Å²) >= 11 is 0. The average molecular weight is 237 g/mol. The molecule has 1 atom stereocenters. The highest BCUT2D eigenvalue weighted by Crippen LogP contribution is 2.21. The fourth-order valence-electron chi connectivity index (χ4n) is 2.24. The van der Waals surface area contributed by atoms with Crippen LogP contribution in [-0.2, 0) is 11.3 Å². The van der Waals surface area contributed by atoms with Gasteiger partial charge in [0.05, 0.1) is 24.9 Å². The molecule has 5 heteroatoms. The number of hydrogen-bond acceptors (Lipinski definition) is 5. The second-order valence-electron chi connectivity index (χ2n) is 5.02. The van der Waals surface area contributed by atoms with Crippen molar-refractivity contribution in [3.05, 3.63) is 24.3 Å². The third-order valence-corrected chi connectivity index (χ3v) is 2.74. The molecule has 1 fully saturated rings. The molecule has 1 aromatic heterocycles. The summed E-state index contributed by atoms with van der Waals surface area (Å²) in [5, 5.41) is 9.22. The van der Waals surface area contributed by atoms with Gasteiger partial charge in [-0.1, -0.05) is 0 Å². The molecule has 0 bridgehead atoms. The number of rotatable bonds is 3. The van der Waals surface area contributed by atoms with Crippen molar-refractivity contribution in [3.8, 4) is 0 Å². The molecule has 94 valence electrons. The van der Waals surface area contributed by atoms with Crippen molar-refractivity contribution < 1.29 is 9.84 Å². The summed E-state index contributed by atoms with van der Waals surface area (Å²) in [5.41, 5.74) is -0.236. The summed E-state index contributed by atoms with van der Waals surface area (Å²) in [5.74, 6) is 0.807. The van der Waals surface area contributed by atoms with E-state index in [9.17, 15) is 5.11 Å². The molecule has 1 unspecified atom stereocenters. The topological polar surface area (TPSA) is 58.5 Å². The van der Waals surface area contributed by atoms with E-state index in [1.807, 2.05) is 19.9 Å². The number of aliphatic hydroxyl groups is 1. The third kappa shape index (κ3) is 3.46. The fraction of sp³-hybridized carbons (Fsp3) is 0.667. The predicted octanol–water partition coefficient (Wildman–Crippen LogP) is 0.448. The Bertz CT molecular complexity index is 356. The van der Waals surface area contributed by atoms with Crippen molar-refractivity contribution >= 4 is 0 Å². The maximum absolute atomic E-state index is 9.22. The molecule has 5 nitrogen and oxygen atoms in total. The maximum Gasteiger partial charge on any atom is 0.142 e. The van der Waals surface area contributed by atoms with Crippen LogP contribution in [0.2, 0.25) is 0 Å². The van der Waals surface area contributed by atoms with Crippen LogP contribution in [0.1, 0.15) is 19.7 Å². The Balaban J connectivity index is 2.01. The molecule has 0 radical (unpaired) electrons. The maximum atomic E-state index is 9.22. The minimum Gasteiger partial charge on any atom is -0.394 e. The molecule has 1 aliphatic heterocycles. The molecule has 2 rings (SSSR count). The highest BCUT2D eigenvalue weighted by Gasteiger charge is 2.33. The van der Waals surface area contributed by atoms with E-state index in [0.29, 0.717) is 6.54 Å². The van der Waals surface area contributed by atoms with E-state index >= 15 is 0 Å². The van der Waals surface area contributed by atoms with Crippen LogP contribution in [0.3, 0.4) is 0 Å². The molecule has 0 spiro atoms. The first-order chi connectivity index (χ1) is 8.09. The van der Waals surface area contributed by atoms with Gasteiger partial charge in [0.1, 0.15) is 5.82 Å². The minimum atomic E-state index is -0.236. The zero-order valence-corrected chi connectivity index (χ0v) is 10.3. The third-order valence-electron chi connectivity index (χ3n) is 2.74. The van der Waals surface area contributed by atoms with Crippen molar-refractivity contribution in [2.24, 2.45) is 0 Å². The van der Waals surface area contributed by atoms with Crippen LogP contribution in [0.5, 0.6) is 0 Å². The van der Waals surface area contributed by atoms with E-state index in [1.54, 1.807) is 12.4 Å². The summed E-state index contributed by atoms with van der Waals surface area (Å²) in [7, 11) is 0. The highest BCUT2D eigenvalue weighted by atomic mass is 16.5. The molecule has 1 N–H and O–H groups in total. The van der Waals surface area contributed by atoms with Crippen LogP contribution in [0.25, 0.3) is 0 Å². The average Bonchev–Trinajstić information content (AvgIpc) is 2.28. The molecule has 1 aromatic rings. The normalized spacial score (nSPS) is 24.8. The first-order valence-corrected chi connectivity index (χ1v) is 5.86. The molecule has 0 saturated carbocycles. The molecule has 0 aromatic carbocycles. The van der Waals surface area contributed by atoms with Gasteiger partial charge >= 0.3 is 0 Å². The lowest BCUT2D eigenvalue weighted by atomic mass is 10.1. The molecule has 2 heterocycles. The van der Waals surface area contributed by atoms with E-state index in [2.05, 4.69) is 14.9 Å². The number of morpholine rings is 1. The van der Waals surface area contributed by atoms with Crippen molar-refractivity contribution in [2.45, 2.75) is 32.1 Å². The van der Waals surface area contributed by atoms with Gasteiger partial charge in [-0.15, -0.1) is 0 Å². The molecule has 17 heavy (non-hydrogen) atoms. The first-order valence-electron chi connectivity index (χ1n) is 5.86. The van der Waals surface area contributed by atoms with Gasteiger partial charge in [0.2, 0.25) is 0 Å². The Morgan fingerprint density at radius 1 is 1.47 bits per heavy atom. The monoisotopic (exact) mass is 237 g/mol. The number of aliphatic hydroxyl groups excluding tert-OH is 1. The molecular formula is C12H19N3O2. The van der Waals surface area contributed by atoms with E-state index in [0.717, 1.165) is 18.9 Å². The van der Waals surface area contributed by atoms with Gasteiger partial charge in [-0.3, -0.25) is 4.90 Å². The largest absolute Gasteiger partial charge is 0.394 e. The van der Waals surface area contributed by atoms with Crippen LogP contribution in [0, 0.1) is 0 Å². The standard InChI is InChI=1S/C12H19N3O2/c1-12(2)9-15(6-10(8-16)17-12)7-11-13-4-3-5-14-11/h3-5,10,16H,6-9H2,1-2H3. The van der Waals surface area contributed by atoms with Crippen molar-refractivity contribution in [3.63, 3.8) is 0 Å². The Morgan fingerprint density at radius 3 is 2.82 bits per heavy atom. The summed E-state index contributed by atoms with van der Waals surface area (Å²) in [4.78, 5) is 10.7. The minimum absolute atomic E-state index is 0.0512. The quantitative estimate of drug-likeness (QED) is 0.827. The van der Waals surface area contributed by atoms with Crippen molar-refractivity contribution in [1.82, 2.24) is 14.9 Å². The van der Waals surface area contributed by atoms with Crippen LogP contribution >= 0.6 is 0 Å². The van der Waals surface area contributed by atoms with Crippen molar-refractivity contribution in [1.29, 1.82) is 0 Å². The smallest absolute Gasteiger partial charge is 0.142 e. The van der Waals surface area contributed by atoms with Gasteiger partial charge in [0.25, 0.3) is 0 Å². The lowest BCUT2D eigenvalue weighted by Crippen LogP contribution is -2.53. The van der Waals surface area contributed by atoms with Crippen LogP contribution < -0.4 is 0 Å². The van der Waals surface area contributed by atoms with Gasteiger partial charge in [0, 0.05) is 25.5 Å².